The fraction of sp³-hybridized carbons (Fsp3) is 0.263. The quantitative estimate of drug-likeness (QED) is 0.610. The first kappa shape index (κ1) is 21.5. The van der Waals surface area contributed by atoms with Crippen molar-refractivity contribution in [2.75, 3.05) is 26.2 Å². The van der Waals surface area contributed by atoms with Gasteiger partial charge in [0.1, 0.15) is 10.7 Å². The molecule has 1 N–H and O–H groups in total. The number of piperazine rings is 1. The molecule has 1 aliphatic rings. The molecule has 0 radical (unpaired) electrons. The summed E-state index contributed by atoms with van der Waals surface area (Å²) in [4.78, 5) is 21.5. The van der Waals surface area contributed by atoms with E-state index in [0.29, 0.717) is 41.4 Å². The number of nitrogens with one attached hydrogen (secondary N) is 1. The average molecular weight is 488 g/mol. The molecule has 0 unspecified atom stereocenters. The van der Waals surface area contributed by atoms with Crippen molar-refractivity contribution in [3.05, 3.63) is 67.6 Å². The van der Waals surface area contributed by atoms with Crippen LogP contribution in [-0.2, 0) is 16.6 Å². The molecular weight excluding hydrogens is 471 g/mol. The number of aromatic amines is 1. The van der Waals surface area contributed by atoms with Crippen molar-refractivity contribution < 1.29 is 8.42 Å². The Kier molecular flexibility index (Phi) is 6.07. The Balaban J connectivity index is 1.48. The molecule has 0 atom stereocenters. The van der Waals surface area contributed by atoms with Gasteiger partial charge in [-0.3, -0.25) is 9.69 Å². The van der Waals surface area contributed by atoms with E-state index in [1.54, 1.807) is 24.3 Å². The van der Waals surface area contributed by atoms with Gasteiger partial charge in [0.25, 0.3) is 5.56 Å². The predicted octanol–water partition coefficient (Wildman–Crippen LogP) is 3.39. The molecule has 2 heterocycles. The molecular formula is C19H17Cl3N4O3S. The SMILES string of the molecule is O=c1[nH]c(CN2CCN(S(=O)(=O)c3c(Cl)cccc3Cl)CC2)nc2ccc(Cl)cc12. The van der Waals surface area contributed by atoms with Gasteiger partial charge in [-0.2, -0.15) is 4.31 Å². The number of rotatable bonds is 4. The smallest absolute Gasteiger partial charge is 0.258 e. The highest BCUT2D eigenvalue weighted by atomic mass is 35.5. The summed E-state index contributed by atoms with van der Waals surface area (Å²) in [5.74, 6) is 0.514. The number of aromatic nitrogens is 2. The molecule has 0 bridgehead atoms. The maximum Gasteiger partial charge on any atom is 0.258 e. The topological polar surface area (TPSA) is 86.4 Å². The second-order valence-corrected chi connectivity index (χ2v) is 10.0. The second-order valence-electron chi connectivity index (χ2n) is 6.91. The van der Waals surface area contributed by atoms with E-state index in [4.69, 9.17) is 34.8 Å². The number of halogens is 3. The highest BCUT2D eigenvalue weighted by Gasteiger charge is 2.32. The number of hydrogen-bond donors (Lipinski definition) is 1. The van der Waals surface area contributed by atoms with Gasteiger partial charge in [-0.15, -0.1) is 0 Å². The molecule has 2 aromatic carbocycles. The van der Waals surface area contributed by atoms with Gasteiger partial charge in [0.15, 0.2) is 0 Å². The number of sulfonamides is 1. The molecule has 3 aromatic rings. The van der Waals surface area contributed by atoms with Crippen LogP contribution in [0.4, 0.5) is 0 Å². The van der Waals surface area contributed by atoms with Crippen molar-refractivity contribution in [2.45, 2.75) is 11.4 Å². The van der Waals surface area contributed by atoms with E-state index in [-0.39, 0.29) is 33.6 Å². The molecule has 1 fully saturated rings. The summed E-state index contributed by atoms with van der Waals surface area (Å²) in [5.41, 5.74) is 0.305. The van der Waals surface area contributed by atoms with E-state index in [1.165, 1.54) is 16.4 Å². The molecule has 1 aromatic heterocycles. The third-order valence-corrected chi connectivity index (χ3v) is 8.03. The molecule has 4 rings (SSSR count). The van der Waals surface area contributed by atoms with Crippen LogP contribution >= 0.6 is 34.8 Å². The van der Waals surface area contributed by atoms with Gasteiger partial charge in [-0.05, 0) is 30.3 Å². The summed E-state index contributed by atoms with van der Waals surface area (Å²) in [6.45, 7) is 1.90. The number of hydrogen-bond acceptors (Lipinski definition) is 5. The van der Waals surface area contributed by atoms with Crippen molar-refractivity contribution in [3.8, 4) is 0 Å². The standard InChI is InChI=1S/C19H17Cl3N4O3S/c20-12-4-5-16-13(10-12)19(27)24-17(23-16)11-25-6-8-26(9-7-25)30(28,29)18-14(21)2-1-3-15(18)22/h1-5,10H,6-9,11H2,(H,23,24,27). The van der Waals surface area contributed by atoms with E-state index in [9.17, 15) is 13.2 Å². The minimum absolute atomic E-state index is 0.0685. The lowest BCUT2D eigenvalue weighted by atomic mass is 10.2. The lowest BCUT2D eigenvalue weighted by molar-refractivity contribution is 0.178. The van der Waals surface area contributed by atoms with Crippen molar-refractivity contribution in [1.82, 2.24) is 19.2 Å². The van der Waals surface area contributed by atoms with Crippen LogP contribution in [0, 0.1) is 0 Å². The molecule has 0 aliphatic carbocycles. The Morgan fingerprint density at radius 3 is 2.33 bits per heavy atom. The third-order valence-electron chi connectivity index (χ3n) is 4.94. The molecule has 0 saturated carbocycles. The van der Waals surface area contributed by atoms with Crippen LogP contribution < -0.4 is 5.56 Å². The van der Waals surface area contributed by atoms with Crippen molar-refractivity contribution in [2.24, 2.45) is 0 Å². The summed E-state index contributed by atoms with van der Waals surface area (Å²) in [5, 5.41) is 1.10. The fourth-order valence-electron chi connectivity index (χ4n) is 3.43. The normalized spacial score (nSPS) is 16.2. The molecule has 1 saturated heterocycles. The van der Waals surface area contributed by atoms with Crippen molar-refractivity contribution in [1.29, 1.82) is 0 Å². The lowest BCUT2D eigenvalue weighted by Gasteiger charge is -2.33. The van der Waals surface area contributed by atoms with Gasteiger partial charge in [-0.25, -0.2) is 13.4 Å². The van der Waals surface area contributed by atoms with Crippen LogP contribution in [0.15, 0.2) is 46.1 Å². The van der Waals surface area contributed by atoms with Crippen LogP contribution in [0.3, 0.4) is 0 Å². The Morgan fingerprint density at radius 2 is 1.67 bits per heavy atom. The summed E-state index contributed by atoms with van der Waals surface area (Å²) in [6, 6.07) is 9.58. The Labute approximate surface area is 188 Å². The summed E-state index contributed by atoms with van der Waals surface area (Å²) in [6.07, 6.45) is 0. The lowest BCUT2D eigenvalue weighted by Crippen LogP contribution is -2.48. The maximum absolute atomic E-state index is 13.0. The van der Waals surface area contributed by atoms with E-state index >= 15 is 0 Å². The fourth-order valence-corrected chi connectivity index (χ4v) is 6.12. The number of H-pyrrole nitrogens is 1. The van der Waals surface area contributed by atoms with Gasteiger partial charge in [0, 0.05) is 31.2 Å². The van der Waals surface area contributed by atoms with Crippen molar-refractivity contribution >= 4 is 55.7 Å². The van der Waals surface area contributed by atoms with Crippen molar-refractivity contribution in [3.63, 3.8) is 0 Å². The summed E-state index contributed by atoms with van der Waals surface area (Å²) < 4.78 is 27.3. The zero-order valence-electron chi connectivity index (χ0n) is 15.6. The van der Waals surface area contributed by atoms with E-state index in [1.807, 2.05) is 4.90 Å². The first-order chi connectivity index (χ1) is 14.3. The zero-order valence-corrected chi connectivity index (χ0v) is 18.7. The first-order valence-corrected chi connectivity index (χ1v) is 11.7. The average Bonchev–Trinajstić information content (AvgIpc) is 2.69. The molecule has 158 valence electrons. The maximum atomic E-state index is 13.0. The molecule has 1 aliphatic heterocycles. The second kappa shape index (κ2) is 8.45. The molecule has 11 heteroatoms. The van der Waals surface area contributed by atoms with Gasteiger partial charge >= 0.3 is 0 Å². The third kappa shape index (κ3) is 4.21. The van der Waals surface area contributed by atoms with Crippen LogP contribution in [0.1, 0.15) is 5.82 Å². The molecule has 30 heavy (non-hydrogen) atoms. The van der Waals surface area contributed by atoms with Gasteiger partial charge in [0.2, 0.25) is 10.0 Å². The summed E-state index contributed by atoms with van der Waals surface area (Å²) >= 11 is 18.1. The monoisotopic (exact) mass is 486 g/mol. The molecule has 0 amide bonds. The van der Waals surface area contributed by atoms with Gasteiger partial charge in [0.05, 0.1) is 27.5 Å². The van der Waals surface area contributed by atoms with E-state index < -0.39 is 10.0 Å². The number of nitrogens with zero attached hydrogens (tertiary/aromatic N) is 3. The molecule has 0 spiro atoms. The Hall–Kier alpha value is -1.68. The summed E-state index contributed by atoms with van der Waals surface area (Å²) in [7, 11) is -3.80. The predicted molar refractivity (Wildman–Crippen MR) is 118 cm³/mol. The Bertz CT molecular complexity index is 1250. The zero-order chi connectivity index (χ0) is 21.5. The van der Waals surface area contributed by atoms with Crippen LogP contribution in [-0.4, -0.2) is 53.8 Å². The minimum Gasteiger partial charge on any atom is -0.309 e. The van der Waals surface area contributed by atoms with Gasteiger partial charge < -0.3 is 4.98 Å². The largest absolute Gasteiger partial charge is 0.309 e. The van der Waals surface area contributed by atoms with E-state index in [0.717, 1.165) is 0 Å². The van der Waals surface area contributed by atoms with E-state index in [2.05, 4.69) is 9.97 Å². The number of benzene rings is 2. The highest BCUT2D eigenvalue weighted by Crippen LogP contribution is 2.32. The highest BCUT2D eigenvalue weighted by molar-refractivity contribution is 7.89. The van der Waals surface area contributed by atoms with Gasteiger partial charge in [-0.1, -0.05) is 40.9 Å². The van der Waals surface area contributed by atoms with Crippen LogP contribution in [0.5, 0.6) is 0 Å². The van der Waals surface area contributed by atoms with Crippen LogP contribution in [0.25, 0.3) is 10.9 Å². The Morgan fingerprint density at radius 1 is 1.00 bits per heavy atom. The molecule has 7 nitrogen and oxygen atoms in total. The first-order valence-electron chi connectivity index (χ1n) is 9.11. The minimum atomic E-state index is -3.80. The number of fused-ring (bicyclic) bond motifs is 1. The van der Waals surface area contributed by atoms with Crippen LogP contribution in [0.2, 0.25) is 15.1 Å².